The van der Waals surface area contributed by atoms with Crippen LogP contribution in [0.5, 0.6) is 23.0 Å². The first-order chi connectivity index (χ1) is 14.4. The summed E-state index contributed by atoms with van der Waals surface area (Å²) < 4.78 is 36.7. The van der Waals surface area contributed by atoms with Crippen LogP contribution in [0.25, 0.3) is 32.7 Å². The van der Waals surface area contributed by atoms with E-state index >= 15 is 0 Å². The van der Waals surface area contributed by atoms with Crippen molar-refractivity contribution in [2.75, 3.05) is 27.9 Å². The molecule has 0 bridgehead atoms. The van der Waals surface area contributed by atoms with Crippen molar-refractivity contribution >= 4 is 38.9 Å². The fourth-order valence-corrected chi connectivity index (χ4v) is 3.39. The lowest BCUT2D eigenvalue weighted by atomic mass is 10.0. The second-order valence-electron chi connectivity index (χ2n) is 6.09. The lowest BCUT2D eigenvalue weighted by molar-refractivity contribution is 0.103. The van der Waals surface area contributed by atoms with Crippen LogP contribution in [-0.2, 0) is 4.74 Å². The molecule has 2 aromatic heterocycles. The fraction of sp³-hybridized carbons (Fsp3) is 0.250. The Morgan fingerprint density at radius 2 is 1.33 bits per heavy atom. The van der Waals surface area contributed by atoms with Gasteiger partial charge in [0.1, 0.15) is 0 Å². The van der Waals surface area contributed by atoms with E-state index in [2.05, 4.69) is 0 Å². The average Bonchev–Trinajstić information content (AvgIpc) is 2.72. The predicted octanol–water partition coefficient (Wildman–Crippen LogP) is 3.05. The van der Waals surface area contributed by atoms with E-state index in [4.69, 9.17) is 32.5 Å². The Balaban J connectivity index is 2.21. The standard InChI is InChI=1S/C20H16O10/c1-5-27-20(23)28-11-7-9-13-12-8(18(21)30-17(13)15(11)26-4)6-10(24-2)14(25-3)16(12)29-19(9)22/h6-7H,5H2,1-4H3. The van der Waals surface area contributed by atoms with Gasteiger partial charge >= 0.3 is 17.4 Å². The monoisotopic (exact) mass is 416 g/mol. The molecule has 0 N–H and O–H groups in total. The summed E-state index contributed by atoms with van der Waals surface area (Å²) in [6, 6.07) is 2.70. The van der Waals surface area contributed by atoms with Gasteiger partial charge in [-0.3, -0.25) is 0 Å². The lowest BCUT2D eigenvalue weighted by Crippen LogP contribution is -2.13. The SMILES string of the molecule is CCOC(=O)Oc1cc2c(=O)oc3c(OC)c(OC)cc4c(=O)oc(c1OC)c2c34. The predicted molar refractivity (Wildman–Crippen MR) is 105 cm³/mol. The summed E-state index contributed by atoms with van der Waals surface area (Å²) in [5.74, 6) is 0.108. The summed E-state index contributed by atoms with van der Waals surface area (Å²) in [5.41, 5.74) is -1.58. The maximum Gasteiger partial charge on any atom is 0.513 e. The topological polar surface area (TPSA) is 124 Å². The molecule has 10 heteroatoms. The Morgan fingerprint density at radius 1 is 0.833 bits per heavy atom. The summed E-state index contributed by atoms with van der Waals surface area (Å²) in [4.78, 5) is 37.3. The number of carbonyl (C=O) groups is 1. The summed E-state index contributed by atoms with van der Waals surface area (Å²) in [6.07, 6.45) is -1.01. The number of rotatable bonds is 5. The first-order valence-corrected chi connectivity index (χ1v) is 8.78. The number of carbonyl (C=O) groups excluding carboxylic acids is 1. The zero-order valence-electron chi connectivity index (χ0n) is 16.4. The van der Waals surface area contributed by atoms with Crippen LogP contribution in [0.2, 0.25) is 0 Å². The van der Waals surface area contributed by atoms with Gasteiger partial charge in [-0.2, -0.15) is 0 Å². The lowest BCUT2D eigenvalue weighted by Gasteiger charge is -2.16. The number of hydrogen-bond acceptors (Lipinski definition) is 10. The minimum absolute atomic E-state index is 0.0126. The van der Waals surface area contributed by atoms with Crippen LogP contribution < -0.4 is 30.2 Å². The van der Waals surface area contributed by atoms with E-state index in [1.807, 2.05) is 0 Å². The second kappa shape index (κ2) is 7.14. The van der Waals surface area contributed by atoms with Gasteiger partial charge in [-0.15, -0.1) is 0 Å². The maximum atomic E-state index is 12.8. The third kappa shape index (κ3) is 2.68. The Labute approximate surface area is 167 Å². The number of hydrogen-bond donors (Lipinski definition) is 0. The molecule has 0 fully saturated rings. The van der Waals surface area contributed by atoms with Crippen LogP contribution in [-0.4, -0.2) is 34.1 Å². The van der Waals surface area contributed by atoms with Gasteiger partial charge in [0.15, 0.2) is 22.7 Å². The highest BCUT2D eigenvalue weighted by molar-refractivity contribution is 6.22. The van der Waals surface area contributed by atoms with Crippen LogP contribution in [0.15, 0.2) is 30.6 Å². The molecular formula is C20H16O10. The summed E-state index contributed by atoms with van der Waals surface area (Å²) >= 11 is 0. The van der Waals surface area contributed by atoms with Gasteiger partial charge < -0.3 is 32.5 Å². The Kier molecular flexibility index (Phi) is 4.61. The van der Waals surface area contributed by atoms with Crippen LogP contribution in [0.4, 0.5) is 4.79 Å². The molecule has 0 amide bonds. The molecule has 0 unspecified atom stereocenters. The Hall–Kier alpha value is -3.95. The Morgan fingerprint density at radius 3 is 1.80 bits per heavy atom. The molecule has 0 saturated carbocycles. The molecule has 0 atom stereocenters. The third-order valence-corrected chi connectivity index (χ3v) is 4.57. The largest absolute Gasteiger partial charge is 0.513 e. The zero-order valence-corrected chi connectivity index (χ0v) is 16.4. The molecule has 0 aliphatic rings. The van der Waals surface area contributed by atoms with Crippen LogP contribution >= 0.6 is 0 Å². The van der Waals surface area contributed by atoms with E-state index < -0.39 is 17.4 Å². The number of ether oxygens (including phenoxy) is 5. The van der Waals surface area contributed by atoms with Crippen molar-refractivity contribution in [3.8, 4) is 23.0 Å². The van der Waals surface area contributed by atoms with Crippen molar-refractivity contribution in [2.45, 2.75) is 6.92 Å². The number of methoxy groups -OCH3 is 3. The Bertz CT molecular complexity index is 1390. The smallest absolute Gasteiger partial charge is 0.493 e. The van der Waals surface area contributed by atoms with Crippen molar-refractivity contribution in [2.24, 2.45) is 0 Å². The normalized spacial score (nSPS) is 11.2. The van der Waals surface area contributed by atoms with Crippen molar-refractivity contribution < 1.29 is 37.3 Å². The van der Waals surface area contributed by atoms with Gasteiger partial charge in [0.05, 0.1) is 38.7 Å². The molecule has 30 heavy (non-hydrogen) atoms. The average molecular weight is 416 g/mol. The minimum atomic E-state index is -1.01. The van der Waals surface area contributed by atoms with Crippen LogP contribution in [0.1, 0.15) is 6.92 Å². The number of benzene rings is 2. The van der Waals surface area contributed by atoms with Crippen molar-refractivity contribution in [1.29, 1.82) is 0 Å². The van der Waals surface area contributed by atoms with Crippen LogP contribution in [0.3, 0.4) is 0 Å². The molecule has 4 rings (SSSR count). The third-order valence-electron chi connectivity index (χ3n) is 4.57. The van der Waals surface area contributed by atoms with Gasteiger partial charge in [0.25, 0.3) is 0 Å². The van der Waals surface area contributed by atoms with Gasteiger partial charge in [-0.1, -0.05) is 0 Å². The molecule has 0 radical (unpaired) electrons. The second-order valence-corrected chi connectivity index (χ2v) is 6.09. The van der Waals surface area contributed by atoms with Gasteiger partial charge in [0, 0.05) is 16.8 Å². The van der Waals surface area contributed by atoms with E-state index in [-0.39, 0.29) is 62.3 Å². The van der Waals surface area contributed by atoms with Gasteiger partial charge in [-0.05, 0) is 13.0 Å². The minimum Gasteiger partial charge on any atom is -0.493 e. The molecule has 0 aliphatic heterocycles. The summed E-state index contributed by atoms with van der Waals surface area (Å²) in [6.45, 7) is 1.68. The fourth-order valence-electron chi connectivity index (χ4n) is 3.39. The van der Waals surface area contributed by atoms with Crippen LogP contribution in [0, 0.1) is 0 Å². The molecule has 0 saturated heterocycles. The highest BCUT2D eigenvalue weighted by atomic mass is 16.7. The van der Waals surface area contributed by atoms with E-state index in [1.165, 1.54) is 33.5 Å². The summed E-state index contributed by atoms with van der Waals surface area (Å²) in [7, 11) is 4.07. The maximum absolute atomic E-state index is 12.8. The van der Waals surface area contributed by atoms with Crippen molar-refractivity contribution in [1.82, 2.24) is 0 Å². The van der Waals surface area contributed by atoms with Gasteiger partial charge in [0.2, 0.25) is 11.5 Å². The van der Waals surface area contributed by atoms with E-state index in [0.717, 1.165) is 0 Å². The molecule has 0 spiro atoms. The van der Waals surface area contributed by atoms with E-state index in [0.29, 0.717) is 0 Å². The van der Waals surface area contributed by atoms with E-state index in [9.17, 15) is 14.4 Å². The molecule has 4 aromatic rings. The quantitative estimate of drug-likeness (QED) is 0.207. The van der Waals surface area contributed by atoms with E-state index in [1.54, 1.807) is 6.92 Å². The van der Waals surface area contributed by atoms with Crippen molar-refractivity contribution in [3.05, 3.63) is 33.0 Å². The molecule has 2 aromatic carbocycles. The molecule has 0 aliphatic carbocycles. The van der Waals surface area contributed by atoms with Crippen molar-refractivity contribution in [3.63, 3.8) is 0 Å². The highest BCUT2D eigenvalue weighted by Gasteiger charge is 2.27. The zero-order chi connectivity index (χ0) is 21.6. The van der Waals surface area contributed by atoms with Gasteiger partial charge in [-0.25, -0.2) is 14.4 Å². The first kappa shape index (κ1) is 19.4. The molecule has 2 heterocycles. The molecule has 156 valence electrons. The molecule has 10 nitrogen and oxygen atoms in total. The molecular weight excluding hydrogens is 400 g/mol. The highest BCUT2D eigenvalue weighted by Crippen LogP contribution is 2.45. The first-order valence-electron chi connectivity index (χ1n) is 8.78. The summed E-state index contributed by atoms with van der Waals surface area (Å²) in [5, 5.41) is 0.669.